The predicted molar refractivity (Wildman–Crippen MR) is 129 cm³/mol. The number of benzene rings is 2. The van der Waals surface area contributed by atoms with Crippen LogP contribution >= 0.6 is 11.6 Å². The first-order valence-corrected chi connectivity index (χ1v) is 11.6. The smallest absolute Gasteiger partial charge is 0.161 e. The number of methoxy groups -OCH3 is 1. The minimum Gasteiger partial charge on any atom is -0.493 e. The number of hydrogen-bond acceptors (Lipinski definition) is 7. The van der Waals surface area contributed by atoms with Crippen LogP contribution in [0, 0.1) is 0 Å². The molecule has 9 heteroatoms. The van der Waals surface area contributed by atoms with E-state index in [1.165, 1.54) is 0 Å². The van der Waals surface area contributed by atoms with Crippen molar-refractivity contribution in [1.82, 2.24) is 14.7 Å². The molecule has 0 aliphatic carbocycles. The van der Waals surface area contributed by atoms with Gasteiger partial charge in [-0.25, -0.2) is 0 Å². The van der Waals surface area contributed by atoms with Gasteiger partial charge in [0.25, 0.3) is 0 Å². The topological polar surface area (TPSA) is 89.2 Å². The zero-order chi connectivity index (χ0) is 24.0. The summed E-state index contributed by atoms with van der Waals surface area (Å²) in [7, 11) is 1.61. The number of piperidine rings is 1. The highest BCUT2D eigenvalue weighted by Crippen LogP contribution is 2.30. The van der Waals surface area contributed by atoms with Gasteiger partial charge in [0.1, 0.15) is 24.6 Å². The van der Waals surface area contributed by atoms with Crippen LogP contribution < -0.4 is 14.2 Å². The average Bonchev–Trinajstić information content (AvgIpc) is 3.35. The molecular formula is C25H30ClN3O5. The van der Waals surface area contributed by atoms with Gasteiger partial charge in [-0.2, -0.15) is 5.10 Å². The maximum absolute atomic E-state index is 11.1. The van der Waals surface area contributed by atoms with E-state index in [-0.39, 0.29) is 13.2 Å². The van der Waals surface area contributed by atoms with Crippen LogP contribution in [-0.4, -0.2) is 70.0 Å². The first-order chi connectivity index (χ1) is 16.4. The molecule has 182 valence electrons. The molecule has 2 atom stereocenters. The highest BCUT2D eigenvalue weighted by atomic mass is 35.5. The second-order valence-electron chi connectivity index (χ2n) is 8.47. The lowest BCUT2D eigenvalue weighted by Crippen LogP contribution is -2.59. The molecule has 1 aliphatic heterocycles. The molecule has 0 unspecified atom stereocenters. The van der Waals surface area contributed by atoms with E-state index in [4.69, 9.17) is 25.8 Å². The maximum atomic E-state index is 11.1. The minimum absolute atomic E-state index is 0.0304. The third-order valence-electron chi connectivity index (χ3n) is 5.89. The van der Waals surface area contributed by atoms with Crippen molar-refractivity contribution in [3.8, 4) is 17.2 Å². The number of aliphatic hydroxyl groups is 2. The summed E-state index contributed by atoms with van der Waals surface area (Å²) in [5.74, 6) is 1.87. The number of hydrogen-bond donors (Lipinski definition) is 2. The lowest BCUT2D eigenvalue weighted by atomic mass is 9.90. The van der Waals surface area contributed by atoms with Gasteiger partial charge in [-0.1, -0.05) is 23.7 Å². The molecule has 1 aliphatic rings. The first-order valence-electron chi connectivity index (χ1n) is 11.2. The SMILES string of the molecule is COc1cc(CN2CC[C@H](O)[C@@](O)(COc3cccc(Cl)c3)C2)ccc1OCCn1cccn1. The number of ether oxygens (including phenoxy) is 3. The number of likely N-dealkylation sites (tertiary alicyclic amines) is 1. The Balaban J connectivity index is 1.35. The molecular weight excluding hydrogens is 458 g/mol. The second-order valence-corrected chi connectivity index (χ2v) is 8.90. The fourth-order valence-corrected chi connectivity index (χ4v) is 4.24. The lowest BCUT2D eigenvalue weighted by Gasteiger charge is -2.42. The molecule has 1 saturated heterocycles. The third kappa shape index (κ3) is 6.21. The van der Waals surface area contributed by atoms with Gasteiger partial charge < -0.3 is 24.4 Å². The molecule has 0 amide bonds. The molecule has 1 fully saturated rings. The maximum Gasteiger partial charge on any atom is 0.161 e. The Morgan fingerprint density at radius 3 is 2.79 bits per heavy atom. The van der Waals surface area contributed by atoms with Gasteiger partial charge in [0.2, 0.25) is 0 Å². The van der Waals surface area contributed by atoms with Crippen LogP contribution in [-0.2, 0) is 13.1 Å². The minimum atomic E-state index is -1.39. The molecule has 0 bridgehead atoms. The summed E-state index contributed by atoms with van der Waals surface area (Å²) in [6.07, 6.45) is 3.20. The van der Waals surface area contributed by atoms with Crippen molar-refractivity contribution >= 4 is 11.6 Å². The Morgan fingerprint density at radius 2 is 2.03 bits per heavy atom. The van der Waals surface area contributed by atoms with E-state index in [1.807, 2.05) is 35.1 Å². The van der Waals surface area contributed by atoms with Crippen LogP contribution in [0.5, 0.6) is 17.2 Å². The summed E-state index contributed by atoms with van der Waals surface area (Å²) >= 11 is 6.01. The highest BCUT2D eigenvalue weighted by Gasteiger charge is 2.42. The van der Waals surface area contributed by atoms with Gasteiger partial charge in [-0.05, 0) is 48.4 Å². The molecule has 8 nitrogen and oxygen atoms in total. The summed E-state index contributed by atoms with van der Waals surface area (Å²) in [4.78, 5) is 2.10. The summed E-state index contributed by atoms with van der Waals surface area (Å²) < 4.78 is 19.0. The summed E-state index contributed by atoms with van der Waals surface area (Å²) in [5, 5.41) is 26.3. The van der Waals surface area contributed by atoms with Gasteiger partial charge in [0.05, 0.1) is 19.8 Å². The third-order valence-corrected chi connectivity index (χ3v) is 6.13. The number of aliphatic hydroxyl groups excluding tert-OH is 1. The van der Waals surface area contributed by atoms with Crippen LogP contribution in [0.3, 0.4) is 0 Å². The van der Waals surface area contributed by atoms with E-state index in [2.05, 4.69) is 10.00 Å². The molecule has 2 N–H and O–H groups in total. The molecule has 0 radical (unpaired) electrons. The molecule has 0 saturated carbocycles. The van der Waals surface area contributed by atoms with Gasteiger partial charge in [0.15, 0.2) is 11.5 Å². The number of nitrogens with zero attached hydrogens (tertiary/aromatic N) is 3. The Bertz CT molecular complexity index is 1060. The fraction of sp³-hybridized carbons (Fsp3) is 0.400. The van der Waals surface area contributed by atoms with Crippen molar-refractivity contribution in [3.63, 3.8) is 0 Å². The normalized spacial score (nSPS) is 20.8. The molecule has 0 spiro atoms. The van der Waals surface area contributed by atoms with Gasteiger partial charge >= 0.3 is 0 Å². The molecule has 2 aromatic carbocycles. The Kier molecular flexibility index (Phi) is 7.95. The monoisotopic (exact) mass is 487 g/mol. The molecule has 2 heterocycles. The largest absolute Gasteiger partial charge is 0.493 e. The first kappa shape index (κ1) is 24.3. The Labute approximate surface area is 204 Å². The van der Waals surface area contributed by atoms with Crippen LogP contribution in [0.15, 0.2) is 60.9 Å². The second kappa shape index (κ2) is 11.1. The Hall–Kier alpha value is -2.78. The van der Waals surface area contributed by atoms with Crippen molar-refractivity contribution < 1.29 is 24.4 Å². The Morgan fingerprint density at radius 1 is 1.15 bits per heavy atom. The van der Waals surface area contributed by atoms with E-state index < -0.39 is 11.7 Å². The van der Waals surface area contributed by atoms with Gasteiger partial charge in [-0.15, -0.1) is 0 Å². The van der Waals surface area contributed by atoms with Crippen LogP contribution in [0.4, 0.5) is 0 Å². The van der Waals surface area contributed by atoms with Crippen LogP contribution in [0.25, 0.3) is 0 Å². The number of halogens is 1. The molecule has 3 aromatic rings. The van der Waals surface area contributed by atoms with E-state index >= 15 is 0 Å². The van der Waals surface area contributed by atoms with E-state index in [1.54, 1.807) is 37.6 Å². The highest BCUT2D eigenvalue weighted by molar-refractivity contribution is 6.30. The van der Waals surface area contributed by atoms with Crippen LogP contribution in [0.2, 0.25) is 5.02 Å². The summed E-state index contributed by atoms with van der Waals surface area (Å²) in [6.45, 7) is 2.61. The fourth-order valence-electron chi connectivity index (χ4n) is 4.06. The van der Waals surface area contributed by atoms with Crippen LogP contribution in [0.1, 0.15) is 12.0 Å². The summed E-state index contributed by atoms with van der Waals surface area (Å²) in [6, 6.07) is 14.7. The van der Waals surface area contributed by atoms with Gasteiger partial charge in [-0.3, -0.25) is 9.58 Å². The standard InChI is InChI=1S/C25H30ClN3O5/c1-32-23-14-19(6-7-22(23)33-13-12-29-10-3-9-27-29)16-28-11-8-24(30)25(31,17-28)18-34-21-5-2-4-20(26)15-21/h2-7,9-10,14-15,24,30-31H,8,11-13,16-18H2,1H3/t24-,25-/m0/s1. The zero-order valence-electron chi connectivity index (χ0n) is 19.1. The van der Waals surface area contributed by atoms with Crippen molar-refractivity contribution in [2.75, 3.05) is 33.4 Å². The quantitative estimate of drug-likeness (QED) is 0.454. The molecule has 34 heavy (non-hydrogen) atoms. The van der Waals surface area contributed by atoms with Crippen molar-refractivity contribution in [2.24, 2.45) is 0 Å². The number of aromatic nitrogens is 2. The van der Waals surface area contributed by atoms with E-state index in [0.717, 1.165) is 5.56 Å². The van der Waals surface area contributed by atoms with E-state index in [9.17, 15) is 10.2 Å². The van der Waals surface area contributed by atoms with Crippen molar-refractivity contribution in [2.45, 2.75) is 31.2 Å². The zero-order valence-corrected chi connectivity index (χ0v) is 19.9. The molecule has 4 rings (SSSR count). The lowest BCUT2D eigenvalue weighted by molar-refractivity contribution is -0.140. The number of β-amino-alcohol motifs (C(OH)–C–C–N with tert-alkyl or cyclic N) is 1. The average molecular weight is 488 g/mol. The predicted octanol–water partition coefficient (Wildman–Crippen LogP) is 3.00. The molecule has 1 aromatic heterocycles. The van der Waals surface area contributed by atoms with Crippen molar-refractivity contribution in [1.29, 1.82) is 0 Å². The van der Waals surface area contributed by atoms with E-state index in [0.29, 0.717) is 54.9 Å². The van der Waals surface area contributed by atoms with Crippen molar-refractivity contribution in [3.05, 3.63) is 71.5 Å². The van der Waals surface area contributed by atoms with Gasteiger partial charge in [0, 0.05) is 37.1 Å². The summed E-state index contributed by atoms with van der Waals surface area (Å²) in [5.41, 5.74) is -0.369. The number of rotatable bonds is 10.